The van der Waals surface area contributed by atoms with Crippen molar-refractivity contribution in [2.75, 3.05) is 0 Å². The van der Waals surface area contributed by atoms with Gasteiger partial charge in [-0.05, 0) is 24.1 Å². The first kappa shape index (κ1) is 10.5. The van der Waals surface area contributed by atoms with E-state index in [2.05, 4.69) is 4.98 Å². The van der Waals surface area contributed by atoms with E-state index in [9.17, 15) is 4.79 Å². The molecule has 0 saturated heterocycles. The van der Waals surface area contributed by atoms with Crippen LogP contribution in [0.5, 0.6) is 0 Å². The van der Waals surface area contributed by atoms with E-state index in [1.807, 2.05) is 43.3 Å². The molecule has 0 saturated carbocycles. The third-order valence-corrected chi connectivity index (χ3v) is 2.47. The predicted octanol–water partition coefficient (Wildman–Crippen LogP) is 2.62. The maximum atomic E-state index is 10.6. The average molecular weight is 215 g/mol. The molecule has 0 aliphatic carbocycles. The molecule has 0 aliphatic heterocycles. The van der Waals surface area contributed by atoms with Crippen LogP contribution in [0.2, 0.25) is 0 Å². The van der Waals surface area contributed by atoms with Gasteiger partial charge in [-0.1, -0.05) is 30.3 Å². The van der Waals surface area contributed by atoms with Crippen LogP contribution in [-0.4, -0.2) is 16.1 Å². The third-order valence-electron chi connectivity index (χ3n) is 2.47. The van der Waals surface area contributed by atoms with Crippen molar-refractivity contribution in [2.45, 2.75) is 13.3 Å². The number of aliphatic carboxylic acids is 1. The Labute approximate surface area is 93.7 Å². The Kier molecular flexibility index (Phi) is 2.77. The Hall–Kier alpha value is -2.03. The van der Waals surface area contributed by atoms with Crippen molar-refractivity contribution >= 4 is 5.97 Å². The van der Waals surface area contributed by atoms with Gasteiger partial charge in [-0.15, -0.1) is 0 Å². The first-order valence-corrected chi connectivity index (χ1v) is 5.12. The van der Waals surface area contributed by atoms with Crippen molar-refractivity contribution in [3.8, 4) is 11.3 Å². The van der Waals surface area contributed by atoms with E-state index in [1.165, 1.54) is 0 Å². The highest BCUT2D eigenvalue weighted by atomic mass is 16.4. The molecule has 1 heterocycles. The van der Waals surface area contributed by atoms with E-state index in [0.717, 1.165) is 22.5 Å². The molecule has 0 spiro atoms. The minimum absolute atomic E-state index is 0.0354. The van der Waals surface area contributed by atoms with Crippen molar-refractivity contribution in [2.24, 2.45) is 0 Å². The normalized spacial score (nSPS) is 10.3. The Morgan fingerprint density at radius 3 is 2.62 bits per heavy atom. The number of carboxylic acids is 1. The summed E-state index contributed by atoms with van der Waals surface area (Å²) in [6.45, 7) is 1.98. The van der Waals surface area contributed by atoms with Crippen LogP contribution in [0.3, 0.4) is 0 Å². The highest BCUT2D eigenvalue weighted by Crippen LogP contribution is 2.23. The van der Waals surface area contributed by atoms with Crippen molar-refractivity contribution in [1.82, 2.24) is 4.98 Å². The Morgan fingerprint density at radius 2 is 2.00 bits per heavy atom. The number of aromatic nitrogens is 1. The lowest BCUT2D eigenvalue weighted by molar-refractivity contribution is -0.136. The third kappa shape index (κ3) is 2.14. The van der Waals surface area contributed by atoms with E-state index >= 15 is 0 Å². The number of benzene rings is 1. The molecule has 0 fully saturated rings. The van der Waals surface area contributed by atoms with Gasteiger partial charge in [0.2, 0.25) is 0 Å². The highest BCUT2D eigenvalue weighted by molar-refractivity contribution is 5.71. The number of nitrogens with one attached hydrogen (secondary N) is 1. The number of hydrogen-bond acceptors (Lipinski definition) is 1. The van der Waals surface area contributed by atoms with Crippen LogP contribution < -0.4 is 0 Å². The van der Waals surface area contributed by atoms with E-state index in [4.69, 9.17) is 5.11 Å². The number of aryl methyl sites for hydroxylation is 1. The number of carbonyl (C=O) groups is 1. The van der Waals surface area contributed by atoms with Gasteiger partial charge >= 0.3 is 5.97 Å². The molecule has 3 nitrogen and oxygen atoms in total. The number of H-pyrrole nitrogens is 1. The largest absolute Gasteiger partial charge is 0.481 e. The van der Waals surface area contributed by atoms with E-state index in [-0.39, 0.29) is 6.42 Å². The summed E-state index contributed by atoms with van der Waals surface area (Å²) in [5.41, 5.74) is 3.89. The summed E-state index contributed by atoms with van der Waals surface area (Å²) >= 11 is 0. The summed E-state index contributed by atoms with van der Waals surface area (Å²) in [5, 5.41) is 8.72. The molecule has 2 rings (SSSR count). The Balaban J connectivity index is 2.36. The van der Waals surface area contributed by atoms with Crippen LogP contribution in [0.15, 0.2) is 36.4 Å². The van der Waals surface area contributed by atoms with Gasteiger partial charge in [0, 0.05) is 11.4 Å². The molecule has 0 aliphatic rings. The minimum Gasteiger partial charge on any atom is -0.481 e. The van der Waals surface area contributed by atoms with Crippen LogP contribution in [0.1, 0.15) is 11.3 Å². The molecule has 0 amide bonds. The molecule has 1 aromatic carbocycles. The molecule has 2 N–H and O–H groups in total. The Morgan fingerprint density at radius 1 is 1.31 bits per heavy atom. The lowest BCUT2D eigenvalue weighted by Crippen LogP contribution is -1.99. The highest BCUT2D eigenvalue weighted by Gasteiger charge is 2.08. The first-order valence-electron chi connectivity index (χ1n) is 5.12. The lowest BCUT2D eigenvalue weighted by atomic mass is 10.1. The quantitative estimate of drug-likeness (QED) is 0.826. The minimum atomic E-state index is -0.819. The predicted molar refractivity (Wildman–Crippen MR) is 62.3 cm³/mol. The summed E-state index contributed by atoms with van der Waals surface area (Å²) in [6.07, 6.45) is 0.0354. The van der Waals surface area contributed by atoms with Gasteiger partial charge in [-0.3, -0.25) is 4.79 Å². The lowest BCUT2D eigenvalue weighted by Gasteiger charge is -1.99. The summed E-state index contributed by atoms with van der Waals surface area (Å²) in [6, 6.07) is 11.8. The molecule has 2 aromatic rings. The van der Waals surface area contributed by atoms with Gasteiger partial charge in [0.25, 0.3) is 0 Å². The molecular formula is C13H13NO2. The van der Waals surface area contributed by atoms with E-state index in [0.29, 0.717) is 0 Å². The maximum absolute atomic E-state index is 10.6. The van der Waals surface area contributed by atoms with Gasteiger partial charge in [0.05, 0.1) is 6.42 Å². The van der Waals surface area contributed by atoms with Crippen LogP contribution in [0.25, 0.3) is 11.3 Å². The standard InChI is InChI=1S/C13H13NO2/c1-9-7-11(8-12(15)16)14-13(9)10-5-3-2-4-6-10/h2-7,14H,8H2,1H3,(H,15,16). The van der Waals surface area contributed by atoms with Crippen molar-refractivity contribution in [3.63, 3.8) is 0 Å². The number of hydrogen-bond donors (Lipinski definition) is 2. The molecule has 0 bridgehead atoms. The molecule has 16 heavy (non-hydrogen) atoms. The van der Waals surface area contributed by atoms with Crippen LogP contribution >= 0.6 is 0 Å². The average Bonchev–Trinajstić information content (AvgIpc) is 2.60. The molecule has 1 aromatic heterocycles. The second kappa shape index (κ2) is 4.23. The molecule has 3 heteroatoms. The monoisotopic (exact) mass is 215 g/mol. The van der Waals surface area contributed by atoms with Gasteiger partial charge < -0.3 is 10.1 Å². The molecule has 0 radical (unpaired) electrons. The van der Waals surface area contributed by atoms with Crippen LogP contribution in [0.4, 0.5) is 0 Å². The van der Waals surface area contributed by atoms with Gasteiger partial charge in [0.15, 0.2) is 0 Å². The molecular weight excluding hydrogens is 202 g/mol. The zero-order valence-electron chi connectivity index (χ0n) is 9.03. The summed E-state index contributed by atoms with van der Waals surface area (Å²) in [5.74, 6) is -0.819. The van der Waals surface area contributed by atoms with Gasteiger partial charge in [-0.25, -0.2) is 0 Å². The fraction of sp³-hybridized carbons (Fsp3) is 0.154. The summed E-state index contributed by atoms with van der Waals surface area (Å²) in [7, 11) is 0. The smallest absolute Gasteiger partial charge is 0.309 e. The first-order chi connectivity index (χ1) is 7.66. The summed E-state index contributed by atoms with van der Waals surface area (Å²) < 4.78 is 0. The molecule has 0 atom stereocenters. The SMILES string of the molecule is Cc1cc(CC(=O)O)[nH]c1-c1ccccc1. The second-order valence-corrected chi connectivity index (χ2v) is 3.79. The van der Waals surface area contributed by atoms with Gasteiger partial charge in [-0.2, -0.15) is 0 Å². The van der Waals surface area contributed by atoms with Crippen LogP contribution in [-0.2, 0) is 11.2 Å². The maximum Gasteiger partial charge on any atom is 0.309 e. The summed E-state index contributed by atoms with van der Waals surface area (Å²) in [4.78, 5) is 13.8. The number of aromatic amines is 1. The zero-order valence-corrected chi connectivity index (χ0v) is 9.03. The van der Waals surface area contributed by atoms with Crippen molar-refractivity contribution < 1.29 is 9.90 Å². The second-order valence-electron chi connectivity index (χ2n) is 3.79. The van der Waals surface area contributed by atoms with E-state index < -0.39 is 5.97 Å². The van der Waals surface area contributed by atoms with Gasteiger partial charge in [0.1, 0.15) is 0 Å². The topological polar surface area (TPSA) is 53.1 Å². The Bertz CT molecular complexity index is 500. The number of carboxylic acid groups (broad SMARTS) is 1. The van der Waals surface area contributed by atoms with Crippen molar-refractivity contribution in [1.29, 1.82) is 0 Å². The fourth-order valence-corrected chi connectivity index (χ4v) is 1.79. The van der Waals surface area contributed by atoms with E-state index in [1.54, 1.807) is 0 Å². The van der Waals surface area contributed by atoms with Crippen LogP contribution in [0, 0.1) is 6.92 Å². The molecule has 82 valence electrons. The van der Waals surface area contributed by atoms with Crippen molar-refractivity contribution in [3.05, 3.63) is 47.7 Å². The molecule has 0 unspecified atom stereocenters. The number of rotatable bonds is 3. The zero-order chi connectivity index (χ0) is 11.5. The fourth-order valence-electron chi connectivity index (χ4n) is 1.79.